The Morgan fingerprint density at radius 2 is 2.00 bits per heavy atom. The van der Waals surface area contributed by atoms with Crippen molar-refractivity contribution in [3.8, 4) is 0 Å². The zero-order chi connectivity index (χ0) is 14.2. The minimum atomic E-state index is -0.164. The molecular formula is C16H19NO3. The van der Waals surface area contributed by atoms with Crippen LogP contribution in [0.4, 0.5) is 0 Å². The van der Waals surface area contributed by atoms with E-state index in [1.54, 1.807) is 12.1 Å². The van der Waals surface area contributed by atoms with Crippen molar-refractivity contribution >= 4 is 11.9 Å². The third kappa shape index (κ3) is 4.23. The number of benzene rings is 1. The van der Waals surface area contributed by atoms with Gasteiger partial charge in [0.1, 0.15) is 6.61 Å². The van der Waals surface area contributed by atoms with Crippen LogP contribution in [0.25, 0.3) is 0 Å². The van der Waals surface area contributed by atoms with Crippen LogP contribution in [-0.4, -0.2) is 25.0 Å². The summed E-state index contributed by atoms with van der Waals surface area (Å²) >= 11 is 0. The van der Waals surface area contributed by atoms with Gasteiger partial charge in [-0.05, 0) is 31.4 Å². The van der Waals surface area contributed by atoms with Crippen molar-refractivity contribution in [1.82, 2.24) is 5.32 Å². The Balaban J connectivity index is 1.65. The maximum Gasteiger partial charge on any atom is 0.309 e. The predicted octanol–water partition coefficient (Wildman–Crippen LogP) is 2.32. The van der Waals surface area contributed by atoms with E-state index in [1.165, 1.54) is 0 Å². The molecule has 4 nitrogen and oxygen atoms in total. The highest BCUT2D eigenvalue weighted by Gasteiger charge is 2.19. The van der Waals surface area contributed by atoms with Crippen LogP contribution in [0.5, 0.6) is 0 Å². The lowest BCUT2D eigenvalue weighted by molar-refractivity contribution is -0.148. The summed E-state index contributed by atoms with van der Waals surface area (Å²) in [5.74, 6) is -0.338. The average Bonchev–Trinajstić information content (AvgIpc) is 2.53. The van der Waals surface area contributed by atoms with Crippen molar-refractivity contribution < 1.29 is 14.3 Å². The van der Waals surface area contributed by atoms with Crippen LogP contribution in [0, 0.1) is 5.92 Å². The fraction of sp³-hybridized carbons (Fsp3) is 0.375. The SMILES string of the molecule is O=C(NCCOC(=O)[C@@H]1CC=CCC1)c1ccccc1. The molecule has 106 valence electrons. The van der Waals surface area contributed by atoms with E-state index in [4.69, 9.17) is 4.74 Å². The minimum absolute atomic E-state index is 0.0233. The van der Waals surface area contributed by atoms with Crippen LogP contribution in [-0.2, 0) is 9.53 Å². The second-order valence-corrected chi connectivity index (χ2v) is 4.77. The molecular weight excluding hydrogens is 254 g/mol. The smallest absolute Gasteiger partial charge is 0.309 e. The summed E-state index contributed by atoms with van der Waals surface area (Å²) in [6.45, 7) is 0.555. The van der Waals surface area contributed by atoms with Gasteiger partial charge in [-0.2, -0.15) is 0 Å². The van der Waals surface area contributed by atoms with Crippen molar-refractivity contribution in [3.05, 3.63) is 48.0 Å². The summed E-state index contributed by atoms with van der Waals surface area (Å²) in [4.78, 5) is 23.5. The molecule has 0 radical (unpaired) electrons. The number of carbonyl (C=O) groups is 2. The first-order chi connectivity index (χ1) is 9.77. The van der Waals surface area contributed by atoms with Gasteiger partial charge in [0.25, 0.3) is 5.91 Å². The maximum atomic E-state index is 11.7. The number of amides is 1. The lowest BCUT2D eigenvalue weighted by atomic mass is 9.95. The minimum Gasteiger partial charge on any atom is -0.464 e. The van der Waals surface area contributed by atoms with Crippen molar-refractivity contribution in [2.45, 2.75) is 19.3 Å². The summed E-state index contributed by atoms with van der Waals surface area (Å²) in [6.07, 6.45) is 6.65. The highest BCUT2D eigenvalue weighted by Crippen LogP contribution is 2.19. The van der Waals surface area contributed by atoms with Crippen LogP contribution in [0.2, 0.25) is 0 Å². The van der Waals surface area contributed by atoms with Crippen molar-refractivity contribution in [3.63, 3.8) is 0 Å². The molecule has 1 aliphatic rings. The number of nitrogens with one attached hydrogen (secondary N) is 1. The Labute approximate surface area is 118 Å². The molecule has 2 rings (SSSR count). The highest BCUT2D eigenvalue weighted by atomic mass is 16.5. The molecule has 1 aromatic carbocycles. The third-order valence-electron chi connectivity index (χ3n) is 3.27. The number of hydrogen-bond acceptors (Lipinski definition) is 3. The zero-order valence-corrected chi connectivity index (χ0v) is 11.4. The molecule has 0 aromatic heterocycles. The summed E-state index contributed by atoms with van der Waals surface area (Å²) in [5, 5.41) is 2.73. The van der Waals surface area contributed by atoms with Gasteiger partial charge >= 0.3 is 5.97 Å². The van der Waals surface area contributed by atoms with E-state index in [0.717, 1.165) is 19.3 Å². The standard InChI is InChI=1S/C16H19NO3/c18-15(13-7-3-1-4-8-13)17-11-12-20-16(19)14-9-5-2-6-10-14/h1-5,7-8,14H,6,9-12H2,(H,17,18)/t14-/m1/s1. The second kappa shape index (κ2) is 7.48. The Morgan fingerprint density at radius 1 is 1.20 bits per heavy atom. The number of esters is 1. The number of carbonyl (C=O) groups excluding carboxylic acids is 2. The molecule has 4 heteroatoms. The van der Waals surface area contributed by atoms with E-state index < -0.39 is 0 Å². The van der Waals surface area contributed by atoms with Crippen LogP contribution in [0.3, 0.4) is 0 Å². The van der Waals surface area contributed by atoms with Gasteiger partial charge in [0.15, 0.2) is 0 Å². The van der Waals surface area contributed by atoms with Crippen molar-refractivity contribution in [1.29, 1.82) is 0 Å². The third-order valence-corrected chi connectivity index (χ3v) is 3.27. The van der Waals surface area contributed by atoms with Gasteiger partial charge in [-0.1, -0.05) is 30.4 Å². The van der Waals surface area contributed by atoms with Crippen LogP contribution in [0.1, 0.15) is 29.6 Å². The van der Waals surface area contributed by atoms with Crippen molar-refractivity contribution in [2.75, 3.05) is 13.2 Å². The molecule has 1 N–H and O–H groups in total. The molecule has 1 amide bonds. The van der Waals surface area contributed by atoms with Crippen LogP contribution >= 0.6 is 0 Å². The highest BCUT2D eigenvalue weighted by molar-refractivity contribution is 5.94. The average molecular weight is 273 g/mol. The number of allylic oxidation sites excluding steroid dienone is 2. The molecule has 0 unspecified atom stereocenters. The van der Waals surface area contributed by atoms with Gasteiger partial charge in [-0.3, -0.25) is 9.59 Å². The van der Waals surface area contributed by atoms with Gasteiger partial charge in [0, 0.05) is 5.56 Å². The van der Waals surface area contributed by atoms with E-state index in [0.29, 0.717) is 12.1 Å². The number of ether oxygens (including phenoxy) is 1. The second-order valence-electron chi connectivity index (χ2n) is 4.77. The molecule has 0 heterocycles. The lowest BCUT2D eigenvalue weighted by Crippen LogP contribution is -2.29. The van der Waals surface area contributed by atoms with Crippen molar-refractivity contribution in [2.24, 2.45) is 5.92 Å². The largest absolute Gasteiger partial charge is 0.464 e. The first-order valence-electron chi connectivity index (χ1n) is 6.92. The predicted molar refractivity (Wildman–Crippen MR) is 76.2 cm³/mol. The van der Waals surface area contributed by atoms with Crippen LogP contribution < -0.4 is 5.32 Å². The van der Waals surface area contributed by atoms with Crippen LogP contribution in [0.15, 0.2) is 42.5 Å². The summed E-state index contributed by atoms with van der Waals surface area (Å²) < 4.78 is 5.18. The monoisotopic (exact) mass is 273 g/mol. The Hall–Kier alpha value is -2.10. The topological polar surface area (TPSA) is 55.4 Å². The molecule has 1 atom stereocenters. The number of rotatable bonds is 5. The van der Waals surface area contributed by atoms with Gasteiger partial charge in [0.05, 0.1) is 12.5 Å². The molecule has 0 bridgehead atoms. The molecule has 1 aromatic rings. The van der Waals surface area contributed by atoms with E-state index in [1.807, 2.05) is 24.3 Å². The van der Waals surface area contributed by atoms with E-state index >= 15 is 0 Å². The normalized spacial score (nSPS) is 17.5. The molecule has 0 spiro atoms. The molecule has 0 saturated carbocycles. The Bertz CT molecular complexity index is 482. The first-order valence-corrected chi connectivity index (χ1v) is 6.92. The maximum absolute atomic E-state index is 11.7. The van der Waals surface area contributed by atoms with E-state index in [9.17, 15) is 9.59 Å². The fourth-order valence-electron chi connectivity index (χ4n) is 2.13. The summed E-state index contributed by atoms with van der Waals surface area (Å²) in [6, 6.07) is 8.97. The first kappa shape index (κ1) is 14.3. The molecule has 0 saturated heterocycles. The van der Waals surface area contributed by atoms with E-state index in [-0.39, 0.29) is 24.4 Å². The molecule has 0 aliphatic heterocycles. The van der Waals surface area contributed by atoms with Gasteiger partial charge in [-0.15, -0.1) is 0 Å². The zero-order valence-electron chi connectivity index (χ0n) is 11.4. The lowest BCUT2D eigenvalue weighted by Gasteiger charge is -2.16. The quantitative estimate of drug-likeness (QED) is 0.509. The fourth-order valence-corrected chi connectivity index (χ4v) is 2.13. The molecule has 20 heavy (non-hydrogen) atoms. The molecule has 1 aliphatic carbocycles. The van der Waals surface area contributed by atoms with Gasteiger partial charge < -0.3 is 10.1 Å². The van der Waals surface area contributed by atoms with Gasteiger partial charge in [-0.25, -0.2) is 0 Å². The van der Waals surface area contributed by atoms with E-state index in [2.05, 4.69) is 11.4 Å². The number of hydrogen-bond donors (Lipinski definition) is 1. The Morgan fingerprint density at radius 3 is 2.70 bits per heavy atom. The van der Waals surface area contributed by atoms with Gasteiger partial charge in [0.2, 0.25) is 0 Å². The summed E-state index contributed by atoms with van der Waals surface area (Å²) in [5.41, 5.74) is 0.608. The molecule has 0 fully saturated rings. The Kier molecular flexibility index (Phi) is 5.35. The summed E-state index contributed by atoms with van der Waals surface area (Å²) in [7, 11) is 0.